The number of hydrogen-bond donors (Lipinski definition) is 3. The number of hydrogen-bond acceptors (Lipinski definition) is 3. The van der Waals surface area contributed by atoms with Crippen LogP contribution in [0.25, 0.3) is 0 Å². The standard InChI is InChI=1S/Nb.H2O3Si.H2O.2O/c;1-4(2)3;;;/h;1-2H;1H2;;/q+1;;;;/p-1. The van der Waals surface area contributed by atoms with E-state index in [1.807, 2.05) is 0 Å². The quantitative estimate of drug-likeness (QED) is 0.392. The third kappa shape index (κ3) is 20800. The van der Waals surface area contributed by atoms with Gasteiger partial charge in [0.05, 0.1) is 0 Å². The van der Waals surface area contributed by atoms with Crippen LogP contribution < -0.4 is 0 Å². The molecule has 0 aliphatic carbocycles. The van der Waals surface area contributed by atoms with Crippen molar-refractivity contribution in [3.63, 3.8) is 0 Å². The van der Waals surface area contributed by atoms with Gasteiger partial charge in [0.15, 0.2) is 0 Å². The van der Waals surface area contributed by atoms with Gasteiger partial charge in [-0.25, -0.2) is 0 Å². The van der Waals surface area contributed by atoms with E-state index in [1.165, 1.54) is 0 Å². The molecule has 0 aromatic rings. The molecule has 0 rings (SSSR count). The molecule has 0 spiro atoms. The van der Waals surface area contributed by atoms with E-state index >= 15 is 0 Å². The Hall–Kier alpha value is -0.0829. The Morgan fingerprint density at radius 3 is 1.25 bits per heavy atom. The van der Waals surface area contributed by atoms with Crippen molar-refractivity contribution >= 4 is 9.17 Å². The minimum atomic E-state index is -3.95. The zero-order chi connectivity index (χ0) is 7.15. The van der Waals surface area contributed by atoms with Gasteiger partial charge >= 0.3 is 38.1 Å². The normalized spacial score (nSPS) is 6.12. The molecule has 0 aliphatic heterocycles. The Bertz CT molecular complexity index is 110. The van der Waals surface area contributed by atoms with Crippen molar-refractivity contribution in [3.8, 4) is 0 Å². The first kappa shape index (κ1) is 10.8. The maximum absolute atomic E-state index is 8.74. The fourth-order valence-corrected chi connectivity index (χ4v) is 0. The van der Waals surface area contributed by atoms with Crippen molar-refractivity contribution in [1.29, 1.82) is 0 Å². The van der Waals surface area contributed by atoms with Crippen molar-refractivity contribution in [2.24, 2.45) is 0 Å². The van der Waals surface area contributed by atoms with E-state index in [0.29, 0.717) is 0 Å². The Balaban J connectivity index is 0. The van der Waals surface area contributed by atoms with Crippen LogP contribution in [0.15, 0.2) is 0 Å². The molecule has 6 nitrogen and oxygen atoms in total. The van der Waals surface area contributed by atoms with Crippen LogP contribution in [0.2, 0.25) is 0 Å². The molecule has 8 heteroatoms. The molecule has 8 heavy (non-hydrogen) atoms. The van der Waals surface area contributed by atoms with Gasteiger partial charge in [0, 0.05) is 0 Å². The molecule has 0 amide bonds. The fourth-order valence-electron chi connectivity index (χ4n) is 0. The van der Waals surface area contributed by atoms with Gasteiger partial charge in [0.1, 0.15) is 0 Å². The van der Waals surface area contributed by atoms with Crippen LogP contribution in [0.3, 0.4) is 0 Å². The van der Waals surface area contributed by atoms with E-state index in [0.717, 1.165) is 0 Å². The van der Waals surface area contributed by atoms with Gasteiger partial charge in [-0.3, -0.25) is 4.46 Å². The van der Waals surface area contributed by atoms with Crippen molar-refractivity contribution in [2.75, 3.05) is 0 Å². The Labute approximate surface area is 52.6 Å². The van der Waals surface area contributed by atoms with Crippen LogP contribution in [0.1, 0.15) is 0 Å². The first-order valence-corrected chi connectivity index (χ1v) is 5.30. The summed E-state index contributed by atoms with van der Waals surface area (Å²) in [5.41, 5.74) is 0. The molecule has 0 heterocycles. The van der Waals surface area contributed by atoms with Crippen molar-refractivity contribution in [1.82, 2.24) is 0 Å². The van der Waals surface area contributed by atoms with Gasteiger partial charge in [0.2, 0.25) is 0 Å². The molecule has 0 atom stereocenters. The first-order chi connectivity index (χ1) is 3.46. The Morgan fingerprint density at radius 1 is 1.25 bits per heavy atom. The molecular formula is H3NbO6Si. The van der Waals surface area contributed by atoms with Crippen LogP contribution in [-0.4, -0.2) is 22.4 Å². The van der Waals surface area contributed by atoms with E-state index in [9.17, 15) is 0 Å². The van der Waals surface area contributed by atoms with Crippen LogP contribution in [0.4, 0.5) is 0 Å². The summed E-state index contributed by atoms with van der Waals surface area (Å²) in [6.07, 6.45) is 0. The molecule has 0 bridgehead atoms. The van der Waals surface area contributed by atoms with E-state index in [2.05, 4.69) is 0 Å². The maximum atomic E-state index is 8.74. The van der Waals surface area contributed by atoms with Crippen molar-refractivity contribution < 1.29 is 43.0 Å². The second-order valence-corrected chi connectivity index (χ2v) is 2.25. The molecule has 0 aromatic heterocycles. The van der Waals surface area contributed by atoms with Crippen LogP contribution in [-0.2, 0) is 29.7 Å². The van der Waals surface area contributed by atoms with E-state index in [1.54, 1.807) is 0 Å². The number of rotatable bonds is 0. The zero-order valence-corrected chi connectivity index (χ0v) is 6.71. The molecule has 0 unspecified atom stereocenters. The summed E-state index contributed by atoms with van der Waals surface area (Å²) < 4.78 is 33.3. The Morgan fingerprint density at radius 2 is 1.25 bits per heavy atom. The van der Waals surface area contributed by atoms with Crippen molar-refractivity contribution in [3.05, 3.63) is 0 Å². The van der Waals surface area contributed by atoms with Gasteiger partial charge in [-0.2, -0.15) is 0 Å². The summed E-state index contributed by atoms with van der Waals surface area (Å²) in [6, 6.07) is 0. The predicted molar refractivity (Wildman–Crippen MR) is 14.5 cm³/mol. The van der Waals surface area contributed by atoms with Gasteiger partial charge in [-0.15, -0.1) is 0 Å². The van der Waals surface area contributed by atoms with E-state index in [-0.39, 0.29) is 0 Å². The summed E-state index contributed by atoms with van der Waals surface area (Å²) in [7, 11) is -3.13. The van der Waals surface area contributed by atoms with Gasteiger partial charge in [0.25, 0.3) is 0 Å². The average Bonchev–Trinajstić information content (AvgIpc) is 1.25. The molecule has 0 aromatic carbocycles. The van der Waals surface area contributed by atoms with Gasteiger partial charge in [-0.1, -0.05) is 0 Å². The third-order valence-corrected chi connectivity index (χ3v) is 0. The molecule has 48 valence electrons. The minimum absolute atomic E-state index is 3.13. The SMILES string of the molecule is O=[Si](O)O.[O]=[Nb](=[O])[OH]. The van der Waals surface area contributed by atoms with Crippen LogP contribution in [0.5, 0.6) is 0 Å². The molecular weight excluding hydrogens is 217 g/mol. The molecule has 0 saturated heterocycles. The molecule has 0 aliphatic rings. The summed E-state index contributed by atoms with van der Waals surface area (Å²) in [5, 5.41) is 0. The summed E-state index contributed by atoms with van der Waals surface area (Å²) in [5.74, 6) is 0. The topological polar surface area (TPSA) is 112 Å². The van der Waals surface area contributed by atoms with Gasteiger partial charge in [-0.05, 0) is 0 Å². The molecule has 0 fully saturated rings. The predicted octanol–water partition coefficient (Wildman–Crippen LogP) is -2.41. The van der Waals surface area contributed by atoms with Crippen LogP contribution >= 0.6 is 0 Å². The molecule has 0 radical (unpaired) electrons. The van der Waals surface area contributed by atoms with Gasteiger partial charge < -0.3 is 9.59 Å². The first-order valence-electron chi connectivity index (χ1n) is 1.22. The third-order valence-electron chi connectivity index (χ3n) is 0. The second kappa shape index (κ2) is 6.92. The average molecular weight is 220 g/mol. The van der Waals surface area contributed by atoms with Crippen molar-refractivity contribution in [2.45, 2.75) is 0 Å². The summed E-state index contributed by atoms with van der Waals surface area (Å²) >= 11 is -3.95. The van der Waals surface area contributed by atoms with E-state index in [4.69, 9.17) is 24.2 Å². The van der Waals surface area contributed by atoms with E-state index < -0.39 is 28.0 Å². The second-order valence-electron chi connectivity index (χ2n) is 0.520. The Kier molecular flexibility index (Phi) is 9.35. The summed E-state index contributed by atoms with van der Waals surface area (Å²) in [4.78, 5) is 14.3. The van der Waals surface area contributed by atoms with Crippen LogP contribution in [0, 0.1) is 0 Å². The summed E-state index contributed by atoms with van der Waals surface area (Å²) in [6.45, 7) is 0. The molecule has 3 N–H and O–H groups in total. The molecule has 0 saturated carbocycles. The fraction of sp³-hybridized carbons (Fsp3) is 0. The zero-order valence-electron chi connectivity index (χ0n) is 3.51. The monoisotopic (exact) mass is 220 g/mol.